The van der Waals surface area contributed by atoms with Crippen LogP contribution in [0.1, 0.15) is 38.4 Å². The van der Waals surface area contributed by atoms with Crippen LogP contribution in [0.2, 0.25) is 0 Å². The number of H-pyrrole nitrogens is 1. The van der Waals surface area contributed by atoms with Gasteiger partial charge in [-0.25, -0.2) is 4.98 Å². The number of guanidine groups is 1. The van der Waals surface area contributed by atoms with Crippen LogP contribution in [-0.2, 0) is 11.3 Å². The summed E-state index contributed by atoms with van der Waals surface area (Å²) in [6.45, 7) is 4.09. The molecule has 7 nitrogen and oxygen atoms in total. The maximum atomic E-state index is 11.8. The number of amides is 1. The number of aromatic nitrogens is 2. The third-order valence-electron chi connectivity index (χ3n) is 4.56. The zero-order chi connectivity index (χ0) is 19.8. The summed E-state index contributed by atoms with van der Waals surface area (Å²) in [6.07, 6.45) is 5.39. The fraction of sp³-hybridized carbons (Fsp3) is 0.476. The molecule has 158 valence electrons. The minimum atomic E-state index is 0. The lowest BCUT2D eigenvalue weighted by atomic mass is 10.2. The second kappa shape index (κ2) is 11.8. The summed E-state index contributed by atoms with van der Waals surface area (Å²) in [5, 5.41) is 6.32. The van der Waals surface area contributed by atoms with Crippen molar-refractivity contribution in [2.45, 2.75) is 45.2 Å². The first-order valence-corrected chi connectivity index (χ1v) is 10.0. The molecule has 0 spiro atoms. The van der Waals surface area contributed by atoms with Crippen molar-refractivity contribution >= 4 is 35.8 Å². The molecular formula is C21H31IN6O. The minimum Gasteiger partial charge on any atom is -0.357 e. The molecule has 0 aliphatic heterocycles. The molecule has 1 heterocycles. The SMILES string of the molecule is CCNC(=NCCCC(=O)NC1CC1)N(C)Cc1ncc(-c2ccccc2)[nH]1.I. The van der Waals surface area contributed by atoms with E-state index in [9.17, 15) is 4.79 Å². The molecule has 3 N–H and O–H groups in total. The number of nitrogens with one attached hydrogen (secondary N) is 3. The molecule has 0 unspecified atom stereocenters. The van der Waals surface area contributed by atoms with Crippen LogP contribution in [0.15, 0.2) is 41.5 Å². The number of benzene rings is 1. The van der Waals surface area contributed by atoms with Crippen molar-refractivity contribution < 1.29 is 4.79 Å². The summed E-state index contributed by atoms with van der Waals surface area (Å²) in [6, 6.07) is 10.6. The van der Waals surface area contributed by atoms with E-state index in [0.717, 1.165) is 48.8 Å². The number of hydrogen-bond acceptors (Lipinski definition) is 3. The van der Waals surface area contributed by atoms with E-state index in [1.54, 1.807) is 0 Å². The molecule has 2 aromatic rings. The van der Waals surface area contributed by atoms with Gasteiger partial charge in [-0.1, -0.05) is 30.3 Å². The zero-order valence-corrected chi connectivity index (χ0v) is 19.5. The van der Waals surface area contributed by atoms with Gasteiger partial charge in [0.2, 0.25) is 5.91 Å². The molecule has 0 saturated heterocycles. The maximum absolute atomic E-state index is 11.8. The Morgan fingerprint density at radius 3 is 2.76 bits per heavy atom. The van der Waals surface area contributed by atoms with Gasteiger partial charge in [0.25, 0.3) is 0 Å². The Balaban J connectivity index is 0.00000300. The summed E-state index contributed by atoms with van der Waals surface area (Å²) in [5.74, 6) is 1.85. The van der Waals surface area contributed by atoms with Gasteiger partial charge in [0.05, 0.1) is 18.4 Å². The third kappa shape index (κ3) is 7.68. The Labute approximate surface area is 189 Å². The van der Waals surface area contributed by atoms with Crippen LogP contribution in [-0.4, -0.2) is 52.9 Å². The molecule has 29 heavy (non-hydrogen) atoms. The number of imidazole rings is 1. The lowest BCUT2D eigenvalue weighted by Crippen LogP contribution is -2.38. The highest BCUT2D eigenvalue weighted by Gasteiger charge is 2.22. The molecule has 1 aliphatic rings. The fourth-order valence-corrected chi connectivity index (χ4v) is 2.93. The summed E-state index contributed by atoms with van der Waals surface area (Å²) < 4.78 is 0. The number of nitrogens with zero attached hydrogens (tertiary/aromatic N) is 3. The van der Waals surface area contributed by atoms with Crippen LogP contribution in [0, 0.1) is 0 Å². The van der Waals surface area contributed by atoms with Crippen molar-refractivity contribution in [3.05, 3.63) is 42.4 Å². The van der Waals surface area contributed by atoms with Crippen LogP contribution in [0.4, 0.5) is 0 Å². The molecule has 1 saturated carbocycles. The van der Waals surface area contributed by atoms with E-state index in [4.69, 9.17) is 0 Å². The Hall–Kier alpha value is -2.10. The van der Waals surface area contributed by atoms with Gasteiger partial charge in [-0.3, -0.25) is 9.79 Å². The molecule has 1 aliphatic carbocycles. The first-order chi connectivity index (χ1) is 13.7. The van der Waals surface area contributed by atoms with Gasteiger partial charge in [0.1, 0.15) is 5.82 Å². The summed E-state index contributed by atoms with van der Waals surface area (Å²) >= 11 is 0. The molecule has 1 fully saturated rings. The predicted octanol–water partition coefficient (Wildman–Crippen LogP) is 3.15. The summed E-state index contributed by atoms with van der Waals surface area (Å²) in [7, 11) is 1.99. The van der Waals surface area contributed by atoms with Crippen LogP contribution in [0.3, 0.4) is 0 Å². The first-order valence-electron chi connectivity index (χ1n) is 10.0. The second-order valence-electron chi connectivity index (χ2n) is 7.15. The second-order valence-corrected chi connectivity index (χ2v) is 7.15. The Kier molecular flexibility index (Phi) is 9.43. The summed E-state index contributed by atoms with van der Waals surface area (Å²) in [4.78, 5) is 26.3. The van der Waals surface area contributed by atoms with Crippen molar-refractivity contribution in [2.24, 2.45) is 4.99 Å². The largest absolute Gasteiger partial charge is 0.357 e. The van der Waals surface area contributed by atoms with Crippen molar-refractivity contribution in [3.63, 3.8) is 0 Å². The van der Waals surface area contributed by atoms with Crippen molar-refractivity contribution in [1.82, 2.24) is 25.5 Å². The maximum Gasteiger partial charge on any atom is 0.220 e. The van der Waals surface area contributed by atoms with Crippen LogP contribution in [0.25, 0.3) is 11.3 Å². The third-order valence-corrected chi connectivity index (χ3v) is 4.56. The van der Waals surface area contributed by atoms with Crippen molar-refractivity contribution in [3.8, 4) is 11.3 Å². The summed E-state index contributed by atoms with van der Waals surface area (Å²) in [5.41, 5.74) is 2.13. The van der Waals surface area contributed by atoms with Crippen LogP contribution >= 0.6 is 24.0 Å². The number of carbonyl (C=O) groups is 1. The van der Waals surface area contributed by atoms with Gasteiger partial charge in [0.15, 0.2) is 5.96 Å². The molecule has 0 bridgehead atoms. The lowest BCUT2D eigenvalue weighted by Gasteiger charge is -2.21. The Morgan fingerprint density at radius 2 is 2.07 bits per heavy atom. The highest BCUT2D eigenvalue weighted by atomic mass is 127. The quantitative estimate of drug-likeness (QED) is 0.210. The zero-order valence-electron chi connectivity index (χ0n) is 17.1. The molecule has 0 atom stereocenters. The van der Waals surface area contributed by atoms with E-state index in [0.29, 0.717) is 25.6 Å². The number of carbonyl (C=O) groups excluding carboxylic acids is 1. The van der Waals surface area contributed by atoms with Gasteiger partial charge in [-0.15, -0.1) is 24.0 Å². The lowest BCUT2D eigenvalue weighted by molar-refractivity contribution is -0.121. The number of aromatic amines is 1. The van der Waals surface area contributed by atoms with Crippen LogP contribution < -0.4 is 10.6 Å². The number of rotatable bonds is 9. The van der Waals surface area contributed by atoms with Gasteiger partial charge in [0, 0.05) is 32.6 Å². The topological polar surface area (TPSA) is 85.4 Å². The van der Waals surface area contributed by atoms with Crippen molar-refractivity contribution in [1.29, 1.82) is 0 Å². The van der Waals surface area contributed by atoms with Gasteiger partial charge >= 0.3 is 0 Å². The van der Waals surface area contributed by atoms with E-state index in [-0.39, 0.29) is 29.9 Å². The van der Waals surface area contributed by atoms with Gasteiger partial charge in [-0.2, -0.15) is 0 Å². The molecular weight excluding hydrogens is 479 g/mol. The van der Waals surface area contributed by atoms with E-state index >= 15 is 0 Å². The normalized spacial score (nSPS) is 13.5. The molecule has 1 amide bonds. The van der Waals surface area contributed by atoms with E-state index in [1.807, 2.05) is 43.3 Å². The highest BCUT2D eigenvalue weighted by molar-refractivity contribution is 14.0. The van der Waals surface area contributed by atoms with Crippen LogP contribution in [0.5, 0.6) is 0 Å². The fourth-order valence-electron chi connectivity index (χ4n) is 2.93. The van der Waals surface area contributed by atoms with E-state index in [2.05, 4.69) is 37.7 Å². The molecule has 0 radical (unpaired) electrons. The molecule has 3 rings (SSSR count). The predicted molar refractivity (Wildman–Crippen MR) is 127 cm³/mol. The molecule has 1 aromatic heterocycles. The Morgan fingerprint density at radius 1 is 1.31 bits per heavy atom. The smallest absolute Gasteiger partial charge is 0.220 e. The highest BCUT2D eigenvalue weighted by Crippen LogP contribution is 2.18. The van der Waals surface area contributed by atoms with Gasteiger partial charge in [-0.05, 0) is 31.7 Å². The minimum absolute atomic E-state index is 0. The number of hydrogen-bond donors (Lipinski definition) is 3. The van der Waals surface area contributed by atoms with Crippen molar-refractivity contribution in [2.75, 3.05) is 20.1 Å². The molecule has 8 heteroatoms. The number of halogens is 1. The molecule has 1 aromatic carbocycles. The average Bonchev–Trinajstić information content (AvgIpc) is 3.39. The number of aliphatic imine (C=N–C) groups is 1. The monoisotopic (exact) mass is 510 g/mol. The van der Waals surface area contributed by atoms with Gasteiger partial charge < -0.3 is 20.5 Å². The standard InChI is InChI=1S/C21H30N6O.HI/c1-3-22-21(23-13-7-10-20(28)25-17-11-12-17)27(2)15-19-24-14-18(26-19)16-8-5-4-6-9-16;/h4-6,8-9,14,17H,3,7,10-13,15H2,1-2H3,(H,22,23)(H,24,26)(H,25,28);1H. The van der Waals surface area contributed by atoms with E-state index < -0.39 is 0 Å². The average molecular weight is 510 g/mol. The van der Waals surface area contributed by atoms with E-state index in [1.165, 1.54) is 0 Å². The first kappa shape index (κ1) is 23.2. The Bertz CT molecular complexity index is 787.